The highest BCUT2D eigenvalue weighted by Crippen LogP contribution is 2.25. The number of aromatic nitrogens is 1. The van der Waals surface area contributed by atoms with Crippen molar-refractivity contribution >= 4 is 16.9 Å². The standard InChI is InChI=1S/C19H14F3NO4/c1-3-27-19(25)12-9-23(16-5-4-10(26-2)6-15(16)22)17-8-14(21)13(20)7-11(17)18(12)24/h4-9H,3H2,1-2H3. The van der Waals surface area contributed by atoms with E-state index < -0.39 is 34.4 Å². The molecule has 5 nitrogen and oxygen atoms in total. The normalized spacial score (nSPS) is 10.9. The molecule has 0 unspecified atom stereocenters. The Kier molecular flexibility index (Phi) is 4.89. The number of carbonyl (C=O) groups excluding carboxylic acids is 1. The summed E-state index contributed by atoms with van der Waals surface area (Å²) in [5.74, 6) is -3.93. The minimum Gasteiger partial charge on any atom is -0.497 e. The fourth-order valence-corrected chi connectivity index (χ4v) is 2.68. The predicted molar refractivity (Wildman–Crippen MR) is 91.9 cm³/mol. The molecule has 1 heterocycles. The Morgan fingerprint density at radius 3 is 2.41 bits per heavy atom. The van der Waals surface area contributed by atoms with Crippen molar-refractivity contribution in [2.45, 2.75) is 6.92 Å². The number of pyridine rings is 1. The summed E-state index contributed by atoms with van der Waals surface area (Å²) in [4.78, 5) is 24.7. The van der Waals surface area contributed by atoms with Crippen molar-refractivity contribution in [1.29, 1.82) is 0 Å². The summed E-state index contributed by atoms with van der Waals surface area (Å²) in [6.07, 6.45) is 1.05. The fraction of sp³-hybridized carbons (Fsp3) is 0.158. The van der Waals surface area contributed by atoms with Gasteiger partial charge in [0.05, 0.1) is 30.3 Å². The molecular weight excluding hydrogens is 363 g/mol. The molecule has 0 N–H and O–H groups in total. The molecule has 0 spiro atoms. The van der Waals surface area contributed by atoms with Crippen LogP contribution in [0.1, 0.15) is 17.3 Å². The smallest absolute Gasteiger partial charge is 0.343 e. The van der Waals surface area contributed by atoms with Gasteiger partial charge in [0.25, 0.3) is 0 Å². The monoisotopic (exact) mass is 377 g/mol. The average Bonchev–Trinajstić information content (AvgIpc) is 2.64. The lowest BCUT2D eigenvalue weighted by Crippen LogP contribution is -2.21. The molecule has 0 radical (unpaired) electrons. The minimum atomic E-state index is -1.26. The Labute approximate surface area is 151 Å². The van der Waals surface area contributed by atoms with Crippen LogP contribution in [-0.4, -0.2) is 24.3 Å². The first-order valence-electron chi connectivity index (χ1n) is 7.92. The fourth-order valence-electron chi connectivity index (χ4n) is 2.68. The first kappa shape index (κ1) is 18.5. The van der Waals surface area contributed by atoms with Crippen molar-refractivity contribution in [3.05, 3.63) is 69.8 Å². The van der Waals surface area contributed by atoms with Gasteiger partial charge in [0, 0.05) is 18.3 Å². The van der Waals surface area contributed by atoms with Gasteiger partial charge >= 0.3 is 5.97 Å². The number of benzene rings is 2. The molecule has 0 aliphatic rings. The molecule has 0 saturated carbocycles. The molecule has 140 valence electrons. The molecule has 1 aromatic heterocycles. The van der Waals surface area contributed by atoms with Crippen LogP contribution in [0.25, 0.3) is 16.6 Å². The molecule has 2 aromatic carbocycles. The SMILES string of the molecule is CCOC(=O)c1cn(-c2ccc(OC)cc2F)c2cc(F)c(F)cc2c1=O. The number of hydrogen-bond donors (Lipinski definition) is 0. The molecule has 0 amide bonds. The average molecular weight is 377 g/mol. The summed E-state index contributed by atoms with van der Waals surface area (Å²) in [5, 5.41) is -0.283. The van der Waals surface area contributed by atoms with E-state index in [9.17, 15) is 22.8 Å². The van der Waals surface area contributed by atoms with Crippen LogP contribution < -0.4 is 10.2 Å². The molecular formula is C19H14F3NO4. The molecule has 0 aliphatic carbocycles. The third-order valence-electron chi connectivity index (χ3n) is 3.96. The number of esters is 1. The Bertz CT molecular complexity index is 1110. The van der Waals surface area contributed by atoms with Crippen molar-refractivity contribution in [2.75, 3.05) is 13.7 Å². The zero-order chi connectivity index (χ0) is 19.7. The molecule has 8 heteroatoms. The number of halogens is 3. The third kappa shape index (κ3) is 3.25. The molecule has 3 rings (SSSR count). The maximum absolute atomic E-state index is 14.5. The van der Waals surface area contributed by atoms with E-state index in [4.69, 9.17) is 9.47 Å². The van der Waals surface area contributed by atoms with E-state index in [2.05, 4.69) is 0 Å². The summed E-state index contributed by atoms with van der Waals surface area (Å²) < 4.78 is 52.9. The second-order valence-corrected chi connectivity index (χ2v) is 5.56. The quantitative estimate of drug-likeness (QED) is 0.652. The highest BCUT2D eigenvalue weighted by Gasteiger charge is 2.20. The van der Waals surface area contributed by atoms with Gasteiger partial charge in [0.1, 0.15) is 11.3 Å². The zero-order valence-electron chi connectivity index (χ0n) is 14.4. The van der Waals surface area contributed by atoms with Gasteiger partial charge in [-0.1, -0.05) is 0 Å². The highest BCUT2D eigenvalue weighted by molar-refractivity contribution is 5.94. The van der Waals surface area contributed by atoms with Crippen LogP contribution in [-0.2, 0) is 4.74 Å². The summed E-state index contributed by atoms with van der Waals surface area (Å²) in [6, 6.07) is 5.31. The van der Waals surface area contributed by atoms with Crippen LogP contribution in [0.15, 0.2) is 41.3 Å². The summed E-state index contributed by atoms with van der Waals surface area (Å²) >= 11 is 0. The van der Waals surface area contributed by atoms with E-state index >= 15 is 0 Å². The Hall–Kier alpha value is -3.29. The minimum absolute atomic E-state index is 0.00495. The van der Waals surface area contributed by atoms with E-state index in [-0.39, 0.29) is 28.9 Å². The van der Waals surface area contributed by atoms with Crippen molar-refractivity contribution in [1.82, 2.24) is 4.57 Å². The van der Waals surface area contributed by atoms with Gasteiger partial charge in [0.15, 0.2) is 17.5 Å². The maximum Gasteiger partial charge on any atom is 0.343 e. The van der Waals surface area contributed by atoms with Crippen LogP contribution in [0.3, 0.4) is 0 Å². The number of rotatable bonds is 4. The van der Waals surface area contributed by atoms with Gasteiger partial charge in [-0.3, -0.25) is 4.79 Å². The number of fused-ring (bicyclic) bond motifs is 1. The first-order valence-corrected chi connectivity index (χ1v) is 7.92. The third-order valence-corrected chi connectivity index (χ3v) is 3.96. The number of nitrogens with zero attached hydrogens (tertiary/aromatic N) is 1. The largest absolute Gasteiger partial charge is 0.497 e. The van der Waals surface area contributed by atoms with Crippen LogP contribution in [0.4, 0.5) is 13.2 Å². The molecule has 3 aromatic rings. The van der Waals surface area contributed by atoms with Gasteiger partial charge in [-0.2, -0.15) is 0 Å². The summed E-state index contributed by atoms with van der Waals surface area (Å²) in [7, 11) is 1.36. The van der Waals surface area contributed by atoms with E-state index in [1.165, 1.54) is 19.2 Å². The molecule has 0 atom stereocenters. The summed E-state index contributed by atoms with van der Waals surface area (Å²) in [6.45, 7) is 1.56. The number of ether oxygens (including phenoxy) is 2. The van der Waals surface area contributed by atoms with Crippen LogP contribution in [0, 0.1) is 17.5 Å². The number of methoxy groups -OCH3 is 1. The lowest BCUT2D eigenvalue weighted by molar-refractivity contribution is 0.0524. The van der Waals surface area contributed by atoms with Crippen molar-refractivity contribution in [3.8, 4) is 11.4 Å². The van der Waals surface area contributed by atoms with E-state index in [0.717, 1.165) is 22.9 Å². The highest BCUT2D eigenvalue weighted by atomic mass is 19.2. The van der Waals surface area contributed by atoms with Crippen molar-refractivity contribution < 1.29 is 27.4 Å². The van der Waals surface area contributed by atoms with Crippen LogP contribution >= 0.6 is 0 Å². The van der Waals surface area contributed by atoms with Gasteiger partial charge in [0.2, 0.25) is 5.43 Å². The van der Waals surface area contributed by atoms with Gasteiger partial charge < -0.3 is 14.0 Å². The van der Waals surface area contributed by atoms with Gasteiger partial charge in [-0.25, -0.2) is 18.0 Å². The van der Waals surface area contributed by atoms with E-state index in [1.54, 1.807) is 6.92 Å². The molecule has 0 aliphatic heterocycles. The maximum atomic E-state index is 14.5. The molecule has 27 heavy (non-hydrogen) atoms. The second-order valence-electron chi connectivity index (χ2n) is 5.56. The van der Waals surface area contributed by atoms with Crippen LogP contribution in [0.2, 0.25) is 0 Å². The lowest BCUT2D eigenvalue weighted by Gasteiger charge is -2.15. The molecule has 0 bridgehead atoms. The van der Waals surface area contributed by atoms with Crippen molar-refractivity contribution in [2.24, 2.45) is 0 Å². The first-order chi connectivity index (χ1) is 12.9. The van der Waals surface area contributed by atoms with Crippen LogP contribution in [0.5, 0.6) is 5.75 Å². The van der Waals surface area contributed by atoms with E-state index in [0.29, 0.717) is 6.07 Å². The Morgan fingerprint density at radius 1 is 1.07 bits per heavy atom. The molecule has 0 saturated heterocycles. The predicted octanol–water partition coefficient (Wildman–Crippen LogP) is 3.59. The zero-order valence-corrected chi connectivity index (χ0v) is 14.4. The van der Waals surface area contributed by atoms with Gasteiger partial charge in [-0.05, 0) is 25.1 Å². The Balaban J connectivity index is 2.40. The van der Waals surface area contributed by atoms with Gasteiger partial charge in [-0.15, -0.1) is 0 Å². The number of carbonyl (C=O) groups is 1. The Morgan fingerprint density at radius 2 is 1.78 bits per heavy atom. The van der Waals surface area contributed by atoms with E-state index in [1.807, 2.05) is 0 Å². The summed E-state index contributed by atoms with van der Waals surface area (Å²) in [5.41, 5.74) is -1.45. The van der Waals surface area contributed by atoms with Crippen molar-refractivity contribution in [3.63, 3.8) is 0 Å². The topological polar surface area (TPSA) is 57.5 Å². The second kappa shape index (κ2) is 7.14. The molecule has 0 fully saturated rings. The lowest BCUT2D eigenvalue weighted by atomic mass is 10.1. The number of hydrogen-bond acceptors (Lipinski definition) is 4.